The molecule has 0 aliphatic heterocycles. The third-order valence-corrected chi connectivity index (χ3v) is 11.0. The second kappa shape index (κ2) is 10.5. The van der Waals surface area contributed by atoms with E-state index in [0.717, 1.165) is 0 Å². The molecule has 0 bridgehead atoms. The van der Waals surface area contributed by atoms with E-state index in [1.807, 2.05) is 0 Å². The van der Waals surface area contributed by atoms with Crippen LogP contribution in [0.15, 0.2) is 170 Å². The first-order valence-corrected chi connectivity index (χ1v) is 17.3. The molecule has 0 saturated carbocycles. The van der Waals surface area contributed by atoms with Crippen molar-refractivity contribution in [3.8, 4) is 44.5 Å². The number of hydrogen-bond donors (Lipinski definition) is 0. The Labute approximate surface area is 286 Å². The van der Waals surface area contributed by atoms with E-state index in [1.54, 1.807) is 0 Å². The quantitative estimate of drug-likeness (QED) is 0.172. The molecular formula is C49H34. The zero-order chi connectivity index (χ0) is 32.7. The van der Waals surface area contributed by atoms with Crippen molar-refractivity contribution in [2.45, 2.75) is 19.3 Å². The largest absolute Gasteiger partial charge is 0.0622 e. The van der Waals surface area contributed by atoms with Gasteiger partial charge in [0.25, 0.3) is 0 Å². The molecule has 0 amide bonds. The van der Waals surface area contributed by atoms with Gasteiger partial charge in [-0.15, -0.1) is 0 Å². The first-order chi connectivity index (χ1) is 24.1. The van der Waals surface area contributed by atoms with Crippen LogP contribution in [-0.4, -0.2) is 0 Å². The van der Waals surface area contributed by atoms with Crippen LogP contribution in [0.25, 0.3) is 87.6 Å². The summed E-state index contributed by atoms with van der Waals surface area (Å²) < 4.78 is 0. The van der Waals surface area contributed by atoms with Crippen molar-refractivity contribution in [3.63, 3.8) is 0 Å². The van der Waals surface area contributed by atoms with Crippen LogP contribution in [0, 0.1) is 0 Å². The Morgan fingerprint density at radius 3 is 1.51 bits per heavy atom. The predicted octanol–water partition coefficient (Wildman–Crippen LogP) is 13.6. The molecule has 0 heteroatoms. The summed E-state index contributed by atoms with van der Waals surface area (Å²) in [5, 5.41) is 10.2. The van der Waals surface area contributed by atoms with Gasteiger partial charge >= 0.3 is 0 Å². The second-order valence-corrected chi connectivity index (χ2v) is 14.1. The number of benzene rings is 9. The van der Waals surface area contributed by atoms with Crippen molar-refractivity contribution in [1.29, 1.82) is 0 Å². The molecule has 0 nitrogen and oxygen atoms in total. The van der Waals surface area contributed by atoms with E-state index in [-0.39, 0.29) is 5.41 Å². The number of rotatable bonds is 3. The fraction of sp³-hybridized carbons (Fsp3) is 0.0612. The normalized spacial score (nSPS) is 13.3. The molecule has 10 rings (SSSR count). The van der Waals surface area contributed by atoms with Gasteiger partial charge < -0.3 is 0 Å². The third kappa shape index (κ3) is 4.17. The summed E-state index contributed by atoms with van der Waals surface area (Å²) in [6.07, 6.45) is 0. The van der Waals surface area contributed by atoms with Crippen LogP contribution in [0.1, 0.15) is 25.0 Å². The van der Waals surface area contributed by atoms with Gasteiger partial charge in [-0.1, -0.05) is 153 Å². The molecule has 0 saturated heterocycles. The van der Waals surface area contributed by atoms with E-state index in [4.69, 9.17) is 0 Å². The summed E-state index contributed by atoms with van der Waals surface area (Å²) in [6, 6.07) is 63.2. The second-order valence-electron chi connectivity index (χ2n) is 14.1. The molecule has 1 aliphatic rings. The molecule has 0 aromatic heterocycles. The standard InChI is InChI=1S/C49H34/c1-49(2)45-30-34(24-25-38(45)43-27-32-16-6-7-17-33(32)29-46(43)49)36-26-35-18-8-9-19-37(35)44(28-36)48-41-22-12-10-20-39(41)47(31-14-4-3-5-15-31)40-21-11-13-23-42(40)48/h3-30H,1-2H3. The van der Waals surface area contributed by atoms with Crippen molar-refractivity contribution >= 4 is 43.1 Å². The predicted molar refractivity (Wildman–Crippen MR) is 210 cm³/mol. The maximum absolute atomic E-state index is 2.46. The van der Waals surface area contributed by atoms with Gasteiger partial charge in [0.1, 0.15) is 0 Å². The Hall–Kier alpha value is -5.98. The maximum atomic E-state index is 2.46. The maximum Gasteiger partial charge on any atom is 0.0159 e. The lowest BCUT2D eigenvalue weighted by atomic mass is 9.80. The molecule has 230 valence electrons. The molecule has 0 heterocycles. The fourth-order valence-corrected chi connectivity index (χ4v) is 8.62. The first kappa shape index (κ1) is 28.1. The average Bonchev–Trinajstić information content (AvgIpc) is 3.37. The van der Waals surface area contributed by atoms with Crippen LogP contribution in [0.5, 0.6) is 0 Å². The van der Waals surface area contributed by atoms with Gasteiger partial charge in [0, 0.05) is 5.41 Å². The zero-order valence-corrected chi connectivity index (χ0v) is 27.7. The van der Waals surface area contributed by atoms with Crippen molar-refractivity contribution in [1.82, 2.24) is 0 Å². The summed E-state index contributed by atoms with van der Waals surface area (Å²) >= 11 is 0. The molecule has 0 spiro atoms. The zero-order valence-electron chi connectivity index (χ0n) is 27.7. The molecule has 49 heavy (non-hydrogen) atoms. The van der Waals surface area contributed by atoms with Crippen LogP contribution < -0.4 is 0 Å². The Morgan fingerprint density at radius 2 is 0.837 bits per heavy atom. The topological polar surface area (TPSA) is 0 Å². The van der Waals surface area contributed by atoms with Crippen LogP contribution in [-0.2, 0) is 5.41 Å². The Kier molecular flexibility index (Phi) is 6.02. The lowest BCUT2D eigenvalue weighted by Gasteiger charge is -2.23. The van der Waals surface area contributed by atoms with Gasteiger partial charge in [-0.3, -0.25) is 0 Å². The third-order valence-electron chi connectivity index (χ3n) is 11.0. The minimum absolute atomic E-state index is 0.0932. The minimum atomic E-state index is -0.0932. The van der Waals surface area contributed by atoms with Crippen LogP contribution in [0.4, 0.5) is 0 Å². The summed E-state index contributed by atoms with van der Waals surface area (Å²) in [7, 11) is 0. The van der Waals surface area contributed by atoms with Crippen LogP contribution >= 0.6 is 0 Å². The van der Waals surface area contributed by atoms with E-state index in [0.29, 0.717) is 0 Å². The van der Waals surface area contributed by atoms with E-state index in [2.05, 4.69) is 184 Å². The molecule has 0 unspecified atom stereocenters. The molecule has 0 atom stereocenters. The van der Waals surface area contributed by atoms with Gasteiger partial charge in [0.05, 0.1) is 0 Å². The lowest BCUT2D eigenvalue weighted by molar-refractivity contribution is 0.661. The number of hydrogen-bond acceptors (Lipinski definition) is 0. The highest BCUT2D eigenvalue weighted by Crippen LogP contribution is 2.52. The SMILES string of the molecule is CC1(C)c2cc(-c3cc(-c4c5ccccc5c(-c5ccccc5)c5ccccc45)c4ccccc4c3)ccc2-c2cc3ccccc3cc21. The van der Waals surface area contributed by atoms with Gasteiger partial charge in [0.15, 0.2) is 0 Å². The average molecular weight is 623 g/mol. The van der Waals surface area contributed by atoms with Crippen LogP contribution in [0.3, 0.4) is 0 Å². The van der Waals surface area contributed by atoms with Crippen molar-refractivity contribution in [2.75, 3.05) is 0 Å². The van der Waals surface area contributed by atoms with Crippen molar-refractivity contribution < 1.29 is 0 Å². The summed E-state index contributed by atoms with van der Waals surface area (Å²) in [5.41, 5.74) is 13.0. The number of fused-ring (bicyclic) bond motifs is 7. The molecule has 0 radical (unpaired) electrons. The fourth-order valence-electron chi connectivity index (χ4n) is 8.62. The van der Waals surface area contributed by atoms with E-state index in [9.17, 15) is 0 Å². The minimum Gasteiger partial charge on any atom is -0.0622 e. The summed E-state index contributed by atoms with van der Waals surface area (Å²) in [6.45, 7) is 4.77. The van der Waals surface area contributed by atoms with Gasteiger partial charge in [-0.2, -0.15) is 0 Å². The first-order valence-electron chi connectivity index (χ1n) is 17.3. The molecule has 0 fully saturated rings. The lowest BCUT2D eigenvalue weighted by Crippen LogP contribution is -2.15. The Balaban J connectivity index is 1.23. The summed E-state index contributed by atoms with van der Waals surface area (Å²) in [5.74, 6) is 0. The highest BCUT2D eigenvalue weighted by molar-refractivity contribution is 6.23. The van der Waals surface area contributed by atoms with Gasteiger partial charge in [-0.05, 0) is 129 Å². The molecule has 0 N–H and O–H groups in total. The highest BCUT2D eigenvalue weighted by atomic mass is 14.4. The van der Waals surface area contributed by atoms with E-state index >= 15 is 0 Å². The van der Waals surface area contributed by atoms with Crippen LogP contribution in [0.2, 0.25) is 0 Å². The Morgan fingerprint density at radius 1 is 0.306 bits per heavy atom. The van der Waals surface area contributed by atoms with Crippen molar-refractivity contribution in [2.24, 2.45) is 0 Å². The van der Waals surface area contributed by atoms with Crippen molar-refractivity contribution in [3.05, 3.63) is 181 Å². The van der Waals surface area contributed by atoms with Gasteiger partial charge in [0.2, 0.25) is 0 Å². The Bertz CT molecular complexity index is 2720. The summed E-state index contributed by atoms with van der Waals surface area (Å²) in [4.78, 5) is 0. The monoisotopic (exact) mass is 622 g/mol. The van der Waals surface area contributed by atoms with E-state index < -0.39 is 0 Å². The van der Waals surface area contributed by atoms with Gasteiger partial charge in [-0.25, -0.2) is 0 Å². The molecular weight excluding hydrogens is 589 g/mol. The molecule has 9 aromatic carbocycles. The molecule has 1 aliphatic carbocycles. The smallest absolute Gasteiger partial charge is 0.0159 e. The van der Waals surface area contributed by atoms with E-state index in [1.165, 1.54) is 98.7 Å². The highest BCUT2D eigenvalue weighted by Gasteiger charge is 2.36. The molecule has 9 aromatic rings.